The normalized spacial score (nSPS) is 16.8. The molecule has 29 heavy (non-hydrogen) atoms. The fourth-order valence-electron chi connectivity index (χ4n) is 4.34. The van der Waals surface area contributed by atoms with Crippen LogP contribution in [0.4, 0.5) is 5.69 Å². The first-order valence-electron chi connectivity index (χ1n) is 10.5. The van der Waals surface area contributed by atoms with Crippen LogP contribution in [0.1, 0.15) is 54.6 Å². The molecule has 2 aliphatic rings. The monoisotopic (exact) mass is 418 g/mol. The summed E-state index contributed by atoms with van der Waals surface area (Å²) in [6, 6.07) is 8.04. The van der Waals surface area contributed by atoms with Gasteiger partial charge in [0.2, 0.25) is 0 Å². The molecule has 0 aliphatic carbocycles. The lowest BCUT2D eigenvalue weighted by molar-refractivity contribution is 0.0710. The van der Waals surface area contributed by atoms with Gasteiger partial charge in [0.25, 0.3) is 5.91 Å². The first-order valence-corrected chi connectivity index (χ1v) is 10.5. The second-order valence-corrected chi connectivity index (χ2v) is 7.59. The van der Waals surface area contributed by atoms with Crippen molar-refractivity contribution in [1.82, 2.24) is 25.0 Å². The fourth-order valence-corrected chi connectivity index (χ4v) is 4.34. The number of rotatable bonds is 5. The first kappa shape index (κ1) is 21.6. The maximum absolute atomic E-state index is 12.9. The quantitative estimate of drug-likeness (QED) is 0.808. The summed E-state index contributed by atoms with van der Waals surface area (Å²) in [5.41, 5.74) is 1.95. The van der Waals surface area contributed by atoms with Gasteiger partial charge in [-0.25, -0.2) is 0 Å². The molecule has 0 spiro atoms. The molecule has 1 aromatic heterocycles. The molecule has 0 bridgehead atoms. The number of hydrogen-bond acceptors (Lipinski definition) is 5. The second-order valence-electron chi connectivity index (χ2n) is 7.59. The Morgan fingerprint density at radius 3 is 2.45 bits per heavy atom. The maximum Gasteiger partial charge on any atom is 0.253 e. The van der Waals surface area contributed by atoms with Gasteiger partial charge in [0.05, 0.1) is 6.54 Å². The third-order valence-corrected chi connectivity index (χ3v) is 6.04. The minimum Gasteiger partial charge on any atom is -0.372 e. The van der Waals surface area contributed by atoms with Gasteiger partial charge < -0.3 is 19.7 Å². The van der Waals surface area contributed by atoms with Crippen molar-refractivity contribution in [2.45, 2.75) is 45.7 Å². The Morgan fingerprint density at radius 1 is 1.10 bits per heavy atom. The van der Waals surface area contributed by atoms with Crippen LogP contribution in [0.25, 0.3) is 0 Å². The van der Waals surface area contributed by atoms with Crippen molar-refractivity contribution in [2.24, 2.45) is 0 Å². The summed E-state index contributed by atoms with van der Waals surface area (Å²) in [6.45, 7) is 10.5. The van der Waals surface area contributed by atoms with Crippen LogP contribution >= 0.6 is 12.4 Å². The number of nitrogens with one attached hydrogen (secondary N) is 1. The third-order valence-electron chi connectivity index (χ3n) is 6.04. The summed E-state index contributed by atoms with van der Waals surface area (Å²) in [5.74, 6) is 2.67. The zero-order valence-corrected chi connectivity index (χ0v) is 18.1. The number of carbonyl (C=O) groups excluding carboxylic acids is 1. The standard InChI is InChI=1S/C21H30N6O.ClH/c1-3-25(4-2)18-7-5-17(6-8-18)21(28)26-12-9-16(10-13-26)20-24-23-19-15-22-11-14-27(19)20;/h5-8,16,22H,3-4,9-15H2,1-2H3;1H. The van der Waals surface area contributed by atoms with Crippen molar-refractivity contribution in [1.29, 1.82) is 0 Å². The third kappa shape index (κ3) is 4.41. The van der Waals surface area contributed by atoms with Crippen molar-refractivity contribution in [3.63, 3.8) is 0 Å². The van der Waals surface area contributed by atoms with E-state index in [0.29, 0.717) is 5.92 Å². The average Bonchev–Trinajstić information content (AvgIpc) is 3.19. The summed E-state index contributed by atoms with van der Waals surface area (Å²) < 4.78 is 2.27. The summed E-state index contributed by atoms with van der Waals surface area (Å²) in [6.07, 6.45) is 1.91. The Labute approximate surface area is 178 Å². The van der Waals surface area contributed by atoms with Crippen molar-refractivity contribution < 1.29 is 4.79 Å². The van der Waals surface area contributed by atoms with Gasteiger partial charge in [0, 0.05) is 56.4 Å². The van der Waals surface area contributed by atoms with Gasteiger partial charge >= 0.3 is 0 Å². The van der Waals surface area contributed by atoms with E-state index in [0.717, 1.165) is 75.9 Å². The topological polar surface area (TPSA) is 66.3 Å². The molecular weight excluding hydrogens is 388 g/mol. The molecule has 1 amide bonds. The summed E-state index contributed by atoms with van der Waals surface area (Å²) in [5, 5.41) is 12.1. The smallest absolute Gasteiger partial charge is 0.253 e. The Kier molecular flexibility index (Phi) is 7.14. The van der Waals surface area contributed by atoms with Crippen LogP contribution < -0.4 is 10.2 Å². The highest BCUT2D eigenvalue weighted by Gasteiger charge is 2.29. The minimum absolute atomic E-state index is 0. The summed E-state index contributed by atoms with van der Waals surface area (Å²) >= 11 is 0. The van der Waals surface area contributed by atoms with E-state index in [9.17, 15) is 4.79 Å². The number of hydrogen-bond donors (Lipinski definition) is 1. The van der Waals surface area contributed by atoms with Crippen LogP contribution in [-0.2, 0) is 13.1 Å². The van der Waals surface area contributed by atoms with Crippen LogP contribution in [0.5, 0.6) is 0 Å². The molecule has 1 N–H and O–H groups in total. The number of fused-ring (bicyclic) bond motifs is 1. The van der Waals surface area contributed by atoms with Crippen molar-refractivity contribution in [2.75, 3.05) is 37.6 Å². The van der Waals surface area contributed by atoms with Crippen LogP contribution in [0.3, 0.4) is 0 Å². The number of carbonyl (C=O) groups is 1. The number of halogens is 1. The van der Waals surface area contributed by atoms with Crippen LogP contribution in [0, 0.1) is 0 Å². The van der Waals surface area contributed by atoms with Gasteiger partial charge in [-0.3, -0.25) is 4.79 Å². The van der Waals surface area contributed by atoms with Gasteiger partial charge in [-0.1, -0.05) is 0 Å². The Hall–Kier alpha value is -2.12. The Morgan fingerprint density at radius 2 is 1.79 bits per heavy atom. The molecule has 2 aromatic rings. The van der Waals surface area contributed by atoms with Gasteiger partial charge in [-0.15, -0.1) is 22.6 Å². The average molecular weight is 419 g/mol. The zero-order chi connectivity index (χ0) is 19.5. The summed E-state index contributed by atoms with van der Waals surface area (Å²) in [7, 11) is 0. The molecule has 0 radical (unpaired) electrons. The lowest BCUT2D eigenvalue weighted by Gasteiger charge is -2.32. The van der Waals surface area contributed by atoms with Gasteiger partial charge in [-0.05, 0) is 51.0 Å². The molecule has 3 heterocycles. The van der Waals surface area contributed by atoms with Crippen molar-refractivity contribution in [3.05, 3.63) is 41.5 Å². The molecule has 1 fully saturated rings. The second kappa shape index (κ2) is 9.59. The molecule has 0 atom stereocenters. The number of amides is 1. The largest absolute Gasteiger partial charge is 0.372 e. The molecule has 7 nitrogen and oxygen atoms in total. The van der Waals surface area contributed by atoms with E-state index in [2.05, 4.69) is 51.0 Å². The highest BCUT2D eigenvalue weighted by atomic mass is 35.5. The molecule has 8 heteroatoms. The Bertz CT molecular complexity index is 809. The molecule has 1 saturated heterocycles. The number of likely N-dealkylation sites (tertiary alicyclic amines) is 1. The van der Waals surface area contributed by atoms with E-state index in [1.54, 1.807) is 0 Å². The van der Waals surface area contributed by atoms with Crippen LogP contribution in [0.15, 0.2) is 24.3 Å². The van der Waals surface area contributed by atoms with Crippen molar-refractivity contribution in [3.8, 4) is 0 Å². The molecule has 1 aromatic carbocycles. The zero-order valence-electron chi connectivity index (χ0n) is 17.3. The molecule has 158 valence electrons. The number of anilines is 1. The predicted molar refractivity (Wildman–Crippen MR) is 117 cm³/mol. The van der Waals surface area contributed by atoms with Crippen molar-refractivity contribution >= 4 is 24.0 Å². The highest BCUT2D eigenvalue weighted by molar-refractivity contribution is 5.94. The van der Waals surface area contributed by atoms with Crippen LogP contribution in [0.2, 0.25) is 0 Å². The molecule has 2 aliphatic heterocycles. The molecule has 4 rings (SSSR count). The number of aromatic nitrogens is 3. The predicted octanol–water partition coefficient (Wildman–Crippen LogP) is 2.67. The summed E-state index contributed by atoms with van der Waals surface area (Å²) in [4.78, 5) is 17.2. The fraction of sp³-hybridized carbons (Fsp3) is 0.571. The SMILES string of the molecule is CCN(CC)c1ccc(C(=O)N2CCC(c3nnc4n3CCNC4)CC2)cc1.Cl. The maximum atomic E-state index is 12.9. The molecule has 0 unspecified atom stereocenters. The van der Waals surface area contributed by atoms with E-state index in [1.165, 1.54) is 5.69 Å². The number of nitrogens with zero attached hydrogens (tertiary/aromatic N) is 5. The van der Waals surface area contributed by atoms with Gasteiger partial charge in [0.1, 0.15) is 11.6 Å². The van der Waals surface area contributed by atoms with E-state index in [1.807, 2.05) is 17.0 Å². The Balaban J connectivity index is 0.00000240. The van der Waals surface area contributed by atoms with Gasteiger partial charge in [0.15, 0.2) is 0 Å². The molecule has 0 saturated carbocycles. The lowest BCUT2D eigenvalue weighted by Crippen LogP contribution is -2.39. The lowest BCUT2D eigenvalue weighted by atomic mass is 9.95. The first-order chi connectivity index (χ1) is 13.7. The highest BCUT2D eigenvalue weighted by Crippen LogP contribution is 2.28. The number of piperidine rings is 1. The van der Waals surface area contributed by atoms with E-state index in [4.69, 9.17) is 0 Å². The van der Waals surface area contributed by atoms with Crippen LogP contribution in [-0.4, -0.2) is 58.3 Å². The van der Waals surface area contributed by atoms with E-state index >= 15 is 0 Å². The van der Waals surface area contributed by atoms with E-state index < -0.39 is 0 Å². The van der Waals surface area contributed by atoms with E-state index in [-0.39, 0.29) is 18.3 Å². The van der Waals surface area contributed by atoms with Gasteiger partial charge in [-0.2, -0.15) is 0 Å². The molecular formula is C21H31ClN6O. The minimum atomic E-state index is 0. The number of benzene rings is 1.